The van der Waals surface area contributed by atoms with Crippen LogP contribution in [0.4, 0.5) is 11.4 Å². The number of nitro groups is 1. The number of benzene rings is 1. The van der Waals surface area contributed by atoms with Gasteiger partial charge in [0.25, 0.3) is 5.69 Å². The molecule has 21 heavy (non-hydrogen) atoms. The number of nitrogens with one attached hydrogen (secondary N) is 1. The summed E-state index contributed by atoms with van der Waals surface area (Å²) in [7, 11) is 0. The van der Waals surface area contributed by atoms with Crippen molar-refractivity contribution in [2.45, 2.75) is 19.9 Å². The van der Waals surface area contributed by atoms with Crippen LogP contribution in [0, 0.1) is 17.0 Å². The van der Waals surface area contributed by atoms with E-state index in [-0.39, 0.29) is 16.7 Å². The van der Waals surface area contributed by atoms with Crippen LogP contribution >= 0.6 is 22.7 Å². The zero-order chi connectivity index (χ0) is 15.0. The van der Waals surface area contributed by atoms with Gasteiger partial charge in [-0.1, -0.05) is 0 Å². The van der Waals surface area contributed by atoms with Crippen LogP contribution in [0.2, 0.25) is 0 Å². The predicted octanol–water partition coefficient (Wildman–Crippen LogP) is 4.14. The molecule has 1 aromatic carbocycles. The lowest BCUT2D eigenvalue weighted by Gasteiger charge is -2.12. The molecule has 0 aliphatic rings. The molecule has 0 saturated carbocycles. The summed E-state index contributed by atoms with van der Waals surface area (Å²) in [6.45, 7) is 3.82. The lowest BCUT2D eigenvalue weighted by Crippen LogP contribution is -2.08. The van der Waals surface area contributed by atoms with Crippen LogP contribution in [-0.4, -0.2) is 14.9 Å². The molecule has 1 atom stereocenters. The van der Waals surface area contributed by atoms with Gasteiger partial charge in [0.1, 0.15) is 10.7 Å². The molecule has 0 aliphatic carbocycles. The Kier molecular flexibility index (Phi) is 3.56. The Labute approximate surface area is 128 Å². The first-order valence-electron chi connectivity index (χ1n) is 6.26. The first kappa shape index (κ1) is 13.9. The fourth-order valence-electron chi connectivity index (χ4n) is 2.09. The SMILES string of the molecule is Cc1nc2cc(NC(C)c3nccs3)c([N+](=O)[O-])cc2s1. The first-order chi connectivity index (χ1) is 10.0. The van der Waals surface area contributed by atoms with Gasteiger partial charge in [-0.05, 0) is 19.9 Å². The Balaban J connectivity index is 2.03. The van der Waals surface area contributed by atoms with E-state index in [0.717, 1.165) is 20.2 Å². The molecule has 6 nitrogen and oxygen atoms in total. The molecule has 2 heterocycles. The van der Waals surface area contributed by atoms with Crippen molar-refractivity contribution >= 4 is 44.3 Å². The van der Waals surface area contributed by atoms with Crippen molar-refractivity contribution in [2.24, 2.45) is 0 Å². The van der Waals surface area contributed by atoms with Gasteiger partial charge < -0.3 is 5.32 Å². The zero-order valence-electron chi connectivity index (χ0n) is 11.4. The maximum absolute atomic E-state index is 11.3. The Hall–Kier alpha value is -2.06. The van der Waals surface area contributed by atoms with E-state index in [0.29, 0.717) is 5.69 Å². The summed E-state index contributed by atoms with van der Waals surface area (Å²) in [6, 6.07) is 3.22. The van der Waals surface area contributed by atoms with Crippen molar-refractivity contribution in [1.82, 2.24) is 9.97 Å². The molecule has 108 valence electrons. The zero-order valence-corrected chi connectivity index (χ0v) is 13.0. The summed E-state index contributed by atoms with van der Waals surface area (Å²) in [5.41, 5.74) is 1.31. The summed E-state index contributed by atoms with van der Waals surface area (Å²) in [4.78, 5) is 19.5. The van der Waals surface area contributed by atoms with Gasteiger partial charge in [0, 0.05) is 17.6 Å². The minimum atomic E-state index is -0.370. The maximum Gasteiger partial charge on any atom is 0.293 e. The third-order valence-corrected chi connectivity index (χ3v) is 4.90. The molecule has 0 spiro atoms. The highest BCUT2D eigenvalue weighted by Gasteiger charge is 2.19. The minimum Gasteiger partial charge on any atom is -0.370 e. The average molecular weight is 320 g/mol. The molecule has 0 bridgehead atoms. The maximum atomic E-state index is 11.3. The van der Waals surface area contributed by atoms with Gasteiger partial charge in [0.2, 0.25) is 0 Å². The van der Waals surface area contributed by atoms with Crippen LogP contribution in [0.3, 0.4) is 0 Å². The van der Waals surface area contributed by atoms with Gasteiger partial charge >= 0.3 is 0 Å². The number of fused-ring (bicyclic) bond motifs is 1. The van der Waals surface area contributed by atoms with E-state index in [9.17, 15) is 10.1 Å². The van der Waals surface area contributed by atoms with E-state index in [1.165, 1.54) is 22.7 Å². The number of nitrogens with zero attached hydrogens (tertiary/aromatic N) is 3. The summed E-state index contributed by atoms with van der Waals surface area (Å²) >= 11 is 2.97. The van der Waals surface area contributed by atoms with E-state index in [1.807, 2.05) is 19.2 Å². The largest absolute Gasteiger partial charge is 0.370 e. The van der Waals surface area contributed by atoms with Crippen LogP contribution in [0.1, 0.15) is 23.0 Å². The second-order valence-corrected chi connectivity index (χ2v) is 6.72. The standard InChI is InChI=1S/C13H12N4O2S2/c1-7(13-14-3-4-20-13)15-9-5-10-12(21-8(2)16-10)6-11(9)17(18)19/h3-7,15H,1-2H3. The monoisotopic (exact) mass is 320 g/mol. The Morgan fingerprint density at radius 3 is 2.90 bits per heavy atom. The molecule has 3 rings (SSSR count). The van der Waals surface area contributed by atoms with Gasteiger partial charge in [0.15, 0.2) is 0 Å². The highest BCUT2D eigenvalue weighted by molar-refractivity contribution is 7.18. The summed E-state index contributed by atoms with van der Waals surface area (Å²) in [5, 5.41) is 18.1. The van der Waals surface area contributed by atoms with Gasteiger partial charge in [-0.2, -0.15) is 0 Å². The van der Waals surface area contributed by atoms with E-state index in [4.69, 9.17) is 0 Å². The average Bonchev–Trinajstić information content (AvgIpc) is 3.05. The number of thiazole rings is 2. The quantitative estimate of drug-likeness (QED) is 0.577. The normalized spacial score (nSPS) is 12.5. The summed E-state index contributed by atoms with van der Waals surface area (Å²) in [5.74, 6) is 0. The molecule has 0 saturated heterocycles. The molecular weight excluding hydrogens is 308 g/mol. The van der Waals surface area contributed by atoms with Crippen LogP contribution in [-0.2, 0) is 0 Å². The van der Waals surface area contributed by atoms with E-state index >= 15 is 0 Å². The molecule has 0 aliphatic heterocycles. The highest BCUT2D eigenvalue weighted by atomic mass is 32.1. The molecule has 1 unspecified atom stereocenters. The number of hydrogen-bond acceptors (Lipinski definition) is 7. The van der Waals surface area contributed by atoms with Crippen molar-refractivity contribution in [1.29, 1.82) is 0 Å². The van der Waals surface area contributed by atoms with Gasteiger partial charge in [0.05, 0.1) is 26.2 Å². The highest BCUT2D eigenvalue weighted by Crippen LogP contribution is 2.35. The fraction of sp³-hybridized carbons (Fsp3) is 0.231. The van der Waals surface area contributed by atoms with Gasteiger partial charge in [-0.15, -0.1) is 22.7 Å². The molecule has 2 aromatic heterocycles. The second kappa shape index (κ2) is 5.38. The van der Waals surface area contributed by atoms with Crippen molar-refractivity contribution in [2.75, 3.05) is 5.32 Å². The van der Waals surface area contributed by atoms with E-state index < -0.39 is 0 Å². The van der Waals surface area contributed by atoms with Crippen LogP contribution < -0.4 is 5.32 Å². The molecular formula is C13H12N4O2S2. The molecule has 0 fully saturated rings. The lowest BCUT2D eigenvalue weighted by molar-refractivity contribution is -0.383. The molecule has 3 aromatic rings. The number of nitro benzene ring substituents is 1. The minimum absolute atomic E-state index is 0.0644. The fourth-order valence-corrected chi connectivity index (χ4v) is 3.58. The van der Waals surface area contributed by atoms with Crippen molar-refractivity contribution in [3.63, 3.8) is 0 Å². The summed E-state index contributed by atoms with van der Waals surface area (Å²) < 4.78 is 0.826. The Bertz CT molecular complexity index is 798. The number of hydrogen-bond donors (Lipinski definition) is 1. The molecule has 1 N–H and O–H groups in total. The third-order valence-electron chi connectivity index (χ3n) is 3.00. The topological polar surface area (TPSA) is 81.0 Å². The smallest absolute Gasteiger partial charge is 0.293 e. The number of aromatic nitrogens is 2. The number of anilines is 1. The lowest BCUT2D eigenvalue weighted by atomic mass is 10.2. The predicted molar refractivity (Wildman–Crippen MR) is 85.2 cm³/mol. The van der Waals surface area contributed by atoms with Crippen molar-refractivity contribution in [3.05, 3.63) is 43.8 Å². The van der Waals surface area contributed by atoms with Crippen molar-refractivity contribution < 1.29 is 4.92 Å². The first-order valence-corrected chi connectivity index (χ1v) is 7.95. The van der Waals surface area contributed by atoms with E-state index in [1.54, 1.807) is 18.3 Å². The molecule has 0 radical (unpaired) electrons. The summed E-state index contributed by atoms with van der Waals surface area (Å²) in [6.07, 6.45) is 1.72. The third kappa shape index (κ3) is 2.72. The Morgan fingerprint density at radius 1 is 1.43 bits per heavy atom. The molecule has 0 amide bonds. The van der Waals surface area contributed by atoms with Crippen LogP contribution in [0.5, 0.6) is 0 Å². The Morgan fingerprint density at radius 2 is 2.24 bits per heavy atom. The number of rotatable bonds is 4. The second-order valence-electron chi connectivity index (χ2n) is 4.56. The van der Waals surface area contributed by atoms with Crippen LogP contribution in [0.25, 0.3) is 10.2 Å². The van der Waals surface area contributed by atoms with Crippen LogP contribution in [0.15, 0.2) is 23.7 Å². The molecule has 8 heteroatoms. The van der Waals surface area contributed by atoms with Gasteiger partial charge in [-0.25, -0.2) is 9.97 Å². The van der Waals surface area contributed by atoms with Crippen molar-refractivity contribution in [3.8, 4) is 0 Å². The van der Waals surface area contributed by atoms with Gasteiger partial charge in [-0.3, -0.25) is 10.1 Å². The number of aryl methyl sites for hydroxylation is 1. The van der Waals surface area contributed by atoms with E-state index in [2.05, 4.69) is 15.3 Å².